The van der Waals surface area contributed by atoms with Crippen LogP contribution in [-0.4, -0.2) is 3.21 Å². The molecule has 6 aromatic rings. The van der Waals surface area contributed by atoms with Crippen molar-refractivity contribution in [1.29, 1.82) is 0 Å². The van der Waals surface area contributed by atoms with Crippen LogP contribution in [-0.2, 0) is 34.1 Å². The van der Waals surface area contributed by atoms with Gasteiger partial charge < -0.3 is 0 Å². The maximum absolute atomic E-state index is 6.61. The number of hydrogen-bond donors (Lipinski definition) is 0. The zero-order valence-electron chi connectivity index (χ0n) is 33.7. The SMILES string of the molecule is Cl.Cl.Clc1ccc(-c2ccc3c(c2)[CH]([Zr]([C]2=CC=CC2)=[C](Cc2ccccc2)Cc2ccccc2)c2cc(-c4ccc(Cl)cc4)c(C4C5CC6CC(C5)CC4C6)cc2-3)cc1. The standard InChI is InChI=1S/C35H29Cl2.C15H14.C5H5.2ClH.Zr/c36-29-6-1-22(2-7-29)24-5-10-31-25(16-24)17-26-18-32(23-3-8-30(37)9-4-23)34(19-33(26)31)35-27-12-20-11-21(14-27)15-28(35)13-20;1-3-8-14(9-4-1)12-7-13-15-10-5-2-6-11-15;1-2-4-5-3-1;;;/h1-10,16-21,27-28,35H,11-15H2;1-6,8-11H,12-13H2;1-3H,4H2;2*1H;. The predicted molar refractivity (Wildman–Crippen MR) is 256 cm³/mol. The van der Waals surface area contributed by atoms with Gasteiger partial charge in [0.05, 0.1) is 0 Å². The van der Waals surface area contributed by atoms with Gasteiger partial charge in [-0.3, -0.25) is 0 Å². The molecule has 12 rings (SSSR count). The van der Waals surface area contributed by atoms with Crippen molar-refractivity contribution in [3.05, 3.63) is 199 Å². The van der Waals surface area contributed by atoms with Crippen LogP contribution >= 0.6 is 48.0 Å². The molecule has 4 saturated carbocycles. The van der Waals surface area contributed by atoms with E-state index in [2.05, 4.69) is 146 Å². The Bertz CT molecular complexity index is 2540. The molecule has 4 fully saturated rings. The zero-order valence-corrected chi connectivity index (χ0v) is 39.3. The van der Waals surface area contributed by atoms with Gasteiger partial charge in [0.15, 0.2) is 0 Å². The van der Waals surface area contributed by atoms with Crippen molar-refractivity contribution in [2.75, 3.05) is 0 Å². The first-order valence-electron chi connectivity index (χ1n) is 21.5. The van der Waals surface area contributed by atoms with E-state index >= 15 is 0 Å². The van der Waals surface area contributed by atoms with Crippen molar-refractivity contribution in [3.63, 3.8) is 0 Å². The van der Waals surface area contributed by atoms with E-state index in [1.54, 1.807) is 17.6 Å². The Morgan fingerprint density at radius 2 is 1.05 bits per heavy atom. The summed E-state index contributed by atoms with van der Waals surface area (Å²) in [6.45, 7) is 0. The first kappa shape index (κ1) is 42.0. The van der Waals surface area contributed by atoms with Crippen LogP contribution in [0.25, 0.3) is 33.4 Å². The molecule has 0 radical (unpaired) electrons. The third-order valence-corrected chi connectivity index (χ3v) is 23.2. The number of allylic oxidation sites excluding steroid dienone is 4. The topological polar surface area (TPSA) is 0 Å². The van der Waals surface area contributed by atoms with Crippen LogP contribution in [0.1, 0.15) is 75.9 Å². The fraction of sp³-hybridized carbons (Fsp3) is 0.255. The predicted octanol–water partition coefficient (Wildman–Crippen LogP) is 15.9. The van der Waals surface area contributed by atoms with E-state index in [1.807, 2.05) is 12.1 Å². The van der Waals surface area contributed by atoms with E-state index in [9.17, 15) is 0 Å². The summed E-state index contributed by atoms with van der Waals surface area (Å²) in [4.78, 5) is 0. The van der Waals surface area contributed by atoms with Gasteiger partial charge in [0.25, 0.3) is 0 Å². The van der Waals surface area contributed by atoms with Gasteiger partial charge in [0.1, 0.15) is 0 Å². The molecule has 0 heterocycles. The van der Waals surface area contributed by atoms with Crippen molar-refractivity contribution < 1.29 is 21.3 Å². The molecule has 5 heteroatoms. The second-order valence-electron chi connectivity index (χ2n) is 17.9. The molecule has 0 spiro atoms. The summed E-state index contributed by atoms with van der Waals surface area (Å²) in [7, 11) is 0. The summed E-state index contributed by atoms with van der Waals surface area (Å²) >= 11 is 10.3. The van der Waals surface area contributed by atoms with Crippen LogP contribution in [0.5, 0.6) is 0 Å². The van der Waals surface area contributed by atoms with Gasteiger partial charge in [-0.05, 0) is 0 Å². The van der Waals surface area contributed by atoms with Crippen molar-refractivity contribution in [1.82, 2.24) is 0 Å². The summed E-state index contributed by atoms with van der Waals surface area (Å²) in [5.74, 6) is 4.09. The minimum absolute atomic E-state index is 0. The molecule has 0 amide bonds. The van der Waals surface area contributed by atoms with Gasteiger partial charge in [-0.25, -0.2) is 0 Å². The number of halogens is 4. The van der Waals surface area contributed by atoms with Gasteiger partial charge in [-0.1, -0.05) is 0 Å². The fourth-order valence-corrected chi connectivity index (χ4v) is 21.7. The molecule has 6 aliphatic carbocycles. The first-order chi connectivity index (χ1) is 28.5. The summed E-state index contributed by atoms with van der Waals surface area (Å²) in [5.41, 5.74) is 15.8. The van der Waals surface area contributed by atoms with Gasteiger partial charge in [-0.2, -0.15) is 0 Å². The van der Waals surface area contributed by atoms with E-state index in [4.69, 9.17) is 23.2 Å². The molecule has 302 valence electrons. The van der Waals surface area contributed by atoms with Gasteiger partial charge >= 0.3 is 365 Å². The van der Waals surface area contributed by atoms with Crippen LogP contribution in [0.4, 0.5) is 0 Å². The molecule has 0 N–H and O–H groups in total. The van der Waals surface area contributed by atoms with E-state index in [1.165, 1.54) is 82.2 Å². The van der Waals surface area contributed by atoms with Crippen LogP contribution in [0, 0.1) is 23.7 Å². The molecule has 0 aliphatic heterocycles. The quantitative estimate of drug-likeness (QED) is 0.135. The molecular formula is C55H50Cl4Zr. The Kier molecular flexibility index (Phi) is 12.5. The molecule has 1 atom stereocenters. The molecule has 0 saturated heterocycles. The Morgan fingerprint density at radius 1 is 0.517 bits per heavy atom. The number of fused-ring (bicyclic) bond motifs is 3. The zero-order chi connectivity index (χ0) is 38.7. The van der Waals surface area contributed by atoms with Crippen LogP contribution in [0.15, 0.2) is 161 Å². The molecule has 1 unspecified atom stereocenters. The fourth-order valence-electron chi connectivity index (χ4n) is 12.2. The van der Waals surface area contributed by atoms with Gasteiger partial charge in [0.2, 0.25) is 0 Å². The Labute approximate surface area is 386 Å². The summed E-state index contributed by atoms with van der Waals surface area (Å²) in [6, 6.07) is 52.7. The van der Waals surface area contributed by atoms with Crippen molar-refractivity contribution in [2.24, 2.45) is 23.7 Å². The summed E-state index contributed by atoms with van der Waals surface area (Å²) in [5, 5.41) is 1.58. The van der Waals surface area contributed by atoms with Crippen LogP contribution < -0.4 is 0 Å². The summed E-state index contributed by atoms with van der Waals surface area (Å²) in [6.07, 6.45) is 17.5. The van der Waals surface area contributed by atoms with E-state index in [0.29, 0.717) is 9.54 Å². The number of benzene rings is 6. The molecular weight excluding hydrogens is 894 g/mol. The second-order valence-corrected chi connectivity index (χ2v) is 25.5. The van der Waals surface area contributed by atoms with E-state index < -0.39 is 21.3 Å². The molecule has 60 heavy (non-hydrogen) atoms. The molecule has 0 nitrogen and oxygen atoms in total. The average Bonchev–Trinajstić information content (AvgIpc) is 3.88. The molecule has 6 aliphatic rings. The first-order valence-corrected chi connectivity index (χ1v) is 26.2. The van der Waals surface area contributed by atoms with Crippen LogP contribution in [0.3, 0.4) is 0 Å². The van der Waals surface area contributed by atoms with Gasteiger partial charge in [-0.15, -0.1) is 24.8 Å². The normalized spacial score (nSPS) is 22.7. The third kappa shape index (κ3) is 7.97. The Morgan fingerprint density at radius 3 is 1.62 bits per heavy atom. The third-order valence-electron chi connectivity index (χ3n) is 14.4. The van der Waals surface area contributed by atoms with Crippen molar-refractivity contribution >= 4 is 51.2 Å². The molecule has 0 aromatic heterocycles. The Balaban J connectivity index is 0.00000231. The maximum atomic E-state index is 6.61. The minimum atomic E-state index is -2.79. The Hall–Kier alpha value is -3.29. The van der Waals surface area contributed by atoms with Crippen LogP contribution in [0.2, 0.25) is 10.0 Å². The van der Waals surface area contributed by atoms with Crippen molar-refractivity contribution in [2.45, 2.75) is 60.9 Å². The van der Waals surface area contributed by atoms with E-state index in [0.717, 1.165) is 53.0 Å². The number of hydrogen-bond acceptors (Lipinski definition) is 0. The monoisotopic (exact) mass is 940 g/mol. The van der Waals surface area contributed by atoms with E-state index in [-0.39, 0.29) is 24.8 Å². The molecule has 6 aromatic carbocycles. The number of rotatable bonds is 9. The summed E-state index contributed by atoms with van der Waals surface area (Å²) < 4.78 is 3.84. The second kappa shape index (κ2) is 17.8. The molecule has 4 bridgehead atoms. The van der Waals surface area contributed by atoms with Crippen molar-refractivity contribution in [3.8, 4) is 33.4 Å². The van der Waals surface area contributed by atoms with Gasteiger partial charge in [0, 0.05) is 0 Å². The average molecular weight is 944 g/mol.